The predicted octanol–water partition coefficient (Wildman–Crippen LogP) is 4.02. The lowest BCUT2D eigenvalue weighted by Crippen LogP contribution is -2.53. The van der Waals surface area contributed by atoms with E-state index in [2.05, 4.69) is 27.4 Å². The van der Waals surface area contributed by atoms with E-state index < -0.39 is 0 Å². The number of aliphatic hydroxyl groups excluding tert-OH is 1. The molecule has 128 valence electrons. The summed E-state index contributed by atoms with van der Waals surface area (Å²) in [5, 5.41) is 10.5. The molecule has 3 rings (SSSR count). The molecule has 1 N–H and O–H groups in total. The first kappa shape index (κ1) is 16.8. The maximum Gasteiger partial charge on any atom is 0.331 e. The van der Waals surface area contributed by atoms with Gasteiger partial charge >= 0.3 is 5.97 Å². The van der Waals surface area contributed by atoms with Gasteiger partial charge in [0.05, 0.1) is 6.10 Å². The van der Waals surface area contributed by atoms with E-state index in [1.807, 2.05) is 6.92 Å². The van der Waals surface area contributed by atoms with Crippen LogP contribution in [0.15, 0.2) is 23.8 Å². The van der Waals surface area contributed by atoms with Crippen molar-refractivity contribution in [3.8, 4) is 0 Å². The molecule has 0 bridgehead atoms. The highest BCUT2D eigenvalue weighted by Gasteiger charge is 2.55. The number of carbonyl (C=O) groups excluding carboxylic acids is 1. The van der Waals surface area contributed by atoms with Gasteiger partial charge in [0.15, 0.2) is 0 Å². The van der Waals surface area contributed by atoms with Crippen molar-refractivity contribution in [1.82, 2.24) is 0 Å². The Hall–Kier alpha value is -1.09. The minimum atomic E-state index is -0.248. The van der Waals surface area contributed by atoms with Gasteiger partial charge in [-0.05, 0) is 67.3 Å². The van der Waals surface area contributed by atoms with Crippen molar-refractivity contribution < 1.29 is 14.6 Å². The van der Waals surface area contributed by atoms with E-state index in [9.17, 15) is 9.90 Å². The summed E-state index contributed by atoms with van der Waals surface area (Å²) in [6, 6.07) is 0. The summed E-state index contributed by atoms with van der Waals surface area (Å²) >= 11 is 0. The number of allylic oxidation sites excluding steroid dienone is 1. The number of esters is 1. The number of aliphatic hydroxyl groups is 1. The summed E-state index contributed by atoms with van der Waals surface area (Å²) in [7, 11) is 0. The number of fused-ring (bicyclic) bond motifs is 1. The number of hydrogen-bond acceptors (Lipinski definition) is 3. The lowest BCUT2D eigenvalue weighted by Gasteiger charge is -2.59. The quantitative estimate of drug-likeness (QED) is 0.618. The lowest BCUT2D eigenvalue weighted by atomic mass is 9.46. The Balaban J connectivity index is 1.89. The Morgan fingerprint density at radius 2 is 2.04 bits per heavy atom. The highest BCUT2D eigenvalue weighted by Crippen LogP contribution is 2.62. The Bertz CT molecular complexity index is 559. The summed E-state index contributed by atoms with van der Waals surface area (Å²) < 4.78 is 5.49. The van der Waals surface area contributed by atoms with Crippen LogP contribution in [-0.2, 0) is 9.53 Å². The summed E-state index contributed by atoms with van der Waals surface area (Å²) in [4.78, 5) is 11.5. The van der Waals surface area contributed by atoms with E-state index in [1.165, 1.54) is 5.57 Å². The maximum absolute atomic E-state index is 11.5. The average Bonchev–Trinajstić information content (AvgIpc) is 2.70. The van der Waals surface area contributed by atoms with Gasteiger partial charge in [-0.25, -0.2) is 4.79 Å². The first-order valence-corrected chi connectivity index (χ1v) is 8.88. The zero-order valence-electron chi connectivity index (χ0n) is 14.9. The van der Waals surface area contributed by atoms with Crippen LogP contribution in [0.2, 0.25) is 0 Å². The molecular formula is C20H30O3. The Morgan fingerprint density at radius 1 is 1.35 bits per heavy atom. The van der Waals surface area contributed by atoms with Gasteiger partial charge in [-0.3, -0.25) is 0 Å². The van der Waals surface area contributed by atoms with Crippen LogP contribution in [0.1, 0.15) is 59.8 Å². The van der Waals surface area contributed by atoms with Crippen LogP contribution in [0, 0.1) is 22.7 Å². The molecule has 0 amide bonds. The van der Waals surface area contributed by atoms with Gasteiger partial charge in [0.2, 0.25) is 0 Å². The van der Waals surface area contributed by atoms with Crippen molar-refractivity contribution in [3.63, 3.8) is 0 Å². The molecule has 2 saturated carbocycles. The molecular weight excluding hydrogens is 288 g/mol. The second-order valence-corrected chi connectivity index (χ2v) is 8.91. The van der Waals surface area contributed by atoms with Crippen LogP contribution in [0.4, 0.5) is 0 Å². The largest absolute Gasteiger partial charge is 0.455 e. The van der Waals surface area contributed by atoms with Gasteiger partial charge in [-0.15, -0.1) is 0 Å². The molecule has 0 aromatic heterocycles. The predicted molar refractivity (Wildman–Crippen MR) is 90.7 cm³/mol. The Labute approximate surface area is 139 Å². The van der Waals surface area contributed by atoms with Gasteiger partial charge < -0.3 is 9.84 Å². The normalized spacial score (nSPS) is 42.9. The number of rotatable bonds is 2. The molecule has 0 aromatic rings. The molecule has 0 radical (unpaired) electrons. The summed E-state index contributed by atoms with van der Waals surface area (Å²) in [5.41, 5.74) is 2.46. The monoisotopic (exact) mass is 318 g/mol. The molecule has 1 aliphatic heterocycles. The van der Waals surface area contributed by atoms with Gasteiger partial charge in [0.1, 0.15) is 6.10 Å². The number of cyclic esters (lactones) is 1. The van der Waals surface area contributed by atoms with Gasteiger partial charge in [0, 0.05) is 6.08 Å². The molecule has 2 aliphatic carbocycles. The fourth-order valence-electron chi connectivity index (χ4n) is 5.87. The lowest BCUT2D eigenvalue weighted by molar-refractivity contribution is -0.142. The van der Waals surface area contributed by atoms with E-state index in [4.69, 9.17) is 4.74 Å². The van der Waals surface area contributed by atoms with Gasteiger partial charge in [-0.2, -0.15) is 0 Å². The average molecular weight is 318 g/mol. The molecule has 1 heterocycles. The molecule has 23 heavy (non-hydrogen) atoms. The minimum absolute atomic E-state index is 0.0335. The number of carbonyl (C=O) groups is 1. The maximum atomic E-state index is 11.5. The van der Waals surface area contributed by atoms with Crippen LogP contribution in [0.3, 0.4) is 0 Å². The van der Waals surface area contributed by atoms with Crippen molar-refractivity contribution in [2.24, 2.45) is 22.7 Å². The zero-order chi connectivity index (χ0) is 17.0. The zero-order valence-corrected chi connectivity index (χ0v) is 14.9. The second kappa shape index (κ2) is 5.47. The molecule has 3 aliphatic rings. The Kier molecular flexibility index (Phi) is 3.99. The molecule has 2 fully saturated rings. The van der Waals surface area contributed by atoms with Crippen LogP contribution in [0.5, 0.6) is 0 Å². The highest BCUT2D eigenvalue weighted by molar-refractivity contribution is 5.85. The fourth-order valence-corrected chi connectivity index (χ4v) is 5.87. The fraction of sp³-hybridized carbons (Fsp3) is 0.750. The molecule has 3 nitrogen and oxygen atoms in total. The molecule has 3 heteroatoms. The first-order valence-electron chi connectivity index (χ1n) is 8.88. The topological polar surface area (TPSA) is 46.5 Å². The summed E-state index contributed by atoms with van der Waals surface area (Å²) in [6.07, 6.45) is 5.96. The number of hydrogen-bond donors (Lipinski definition) is 1. The molecule has 0 saturated heterocycles. The number of ether oxygens (including phenoxy) is 1. The highest BCUT2D eigenvalue weighted by atomic mass is 16.5. The van der Waals surface area contributed by atoms with Crippen LogP contribution < -0.4 is 0 Å². The van der Waals surface area contributed by atoms with E-state index in [0.717, 1.165) is 37.7 Å². The summed E-state index contributed by atoms with van der Waals surface area (Å²) in [5.74, 6) is 0.657. The van der Waals surface area contributed by atoms with Crippen LogP contribution in [0.25, 0.3) is 0 Å². The smallest absolute Gasteiger partial charge is 0.331 e. The van der Waals surface area contributed by atoms with Crippen molar-refractivity contribution >= 4 is 5.97 Å². The third-order valence-electron chi connectivity index (χ3n) is 6.78. The minimum Gasteiger partial charge on any atom is -0.455 e. The van der Waals surface area contributed by atoms with E-state index in [0.29, 0.717) is 11.8 Å². The second-order valence-electron chi connectivity index (χ2n) is 8.91. The van der Waals surface area contributed by atoms with Gasteiger partial charge in [0.25, 0.3) is 0 Å². The molecule has 0 spiro atoms. The van der Waals surface area contributed by atoms with Crippen LogP contribution in [-0.4, -0.2) is 23.3 Å². The third-order valence-corrected chi connectivity index (χ3v) is 6.78. The SMILES string of the molecule is C=C1CCC2C(C)(C)C[C@@H](O)C[C@]2(C)[C@H]1C[C@@H]1OC(=O)C=C1C. The molecule has 1 unspecified atom stereocenters. The summed E-state index contributed by atoms with van der Waals surface area (Å²) in [6.45, 7) is 13.2. The van der Waals surface area contributed by atoms with Crippen molar-refractivity contribution in [2.45, 2.75) is 72.0 Å². The van der Waals surface area contributed by atoms with Gasteiger partial charge in [-0.1, -0.05) is 32.9 Å². The van der Waals surface area contributed by atoms with E-state index in [1.54, 1.807) is 6.08 Å². The third kappa shape index (κ3) is 2.77. The van der Waals surface area contributed by atoms with Crippen molar-refractivity contribution in [1.29, 1.82) is 0 Å². The molecule has 5 atom stereocenters. The Morgan fingerprint density at radius 3 is 2.65 bits per heavy atom. The van der Waals surface area contributed by atoms with Crippen molar-refractivity contribution in [2.75, 3.05) is 0 Å². The van der Waals surface area contributed by atoms with Crippen molar-refractivity contribution in [3.05, 3.63) is 23.8 Å². The standard InChI is InChI=1S/C20H30O3/c1-12-6-7-17-19(3,4)10-14(21)11-20(17,5)15(12)9-16-13(2)8-18(22)23-16/h8,14-17,21H,1,6-7,9-11H2,2-5H3/t14-,15+,16+,17?,20-/m1/s1. The van der Waals surface area contributed by atoms with E-state index in [-0.39, 0.29) is 29.0 Å². The van der Waals surface area contributed by atoms with E-state index >= 15 is 0 Å². The van der Waals surface area contributed by atoms with Crippen LogP contribution >= 0.6 is 0 Å². The first-order chi connectivity index (χ1) is 10.6. The molecule has 0 aromatic carbocycles.